The van der Waals surface area contributed by atoms with E-state index in [4.69, 9.17) is 11.6 Å². The summed E-state index contributed by atoms with van der Waals surface area (Å²) in [6.07, 6.45) is 0.461. The van der Waals surface area contributed by atoms with Crippen LogP contribution in [0.15, 0.2) is 24.3 Å². The van der Waals surface area contributed by atoms with Gasteiger partial charge in [0.25, 0.3) is 0 Å². The molecule has 1 aliphatic rings. The van der Waals surface area contributed by atoms with Gasteiger partial charge in [-0.1, -0.05) is 11.6 Å². The Morgan fingerprint density at radius 2 is 2.10 bits per heavy atom. The third kappa shape index (κ3) is 4.91. The maximum Gasteiger partial charge on any atom is 0.237 e. The highest BCUT2D eigenvalue weighted by Crippen LogP contribution is 2.20. The first kappa shape index (κ1) is 16.1. The van der Waals surface area contributed by atoms with Crippen LogP contribution in [-0.4, -0.2) is 28.6 Å². The molecule has 2 rings (SSSR count). The Morgan fingerprint density at radius 1 is 1.43 bits per heavy atom. The molecule has 0 radical (unpaired) electrons. The van der Waals surface area contributed by atoms with Crippen LogP contribution in [0.4, 0.5) is 5.69 Å². The van der Waals surface area contributed by atoms with Crippen LogP contribution in [0.25, 0.3) is 0 Å². The van der Waals surface area contributed by atoms with Gasteiger partial charge in [-0.3, -0.25) is 14.9 Å². The summed E-state index contributed by atoms with van der Waals surface area (Å²) in [7, 11) is 0. The van der Waals surface area contributed by atoms with Crippen molar-refractivity contribution in [3.63, 3.8) is 0 Å². The molecular formula is C14H18ClN3O2S. The maximum atomic E-state index is 12.1. The number of hydrogen-bond acceptors (Lipinski definition) is 4. The molecule has 0 saturated carbocycles. The van der Waals surface area contributed by atoms with Gasteiger partial charge in [0.1, 0.15) is 5.50 Å². The SMILES string of the molecule is CC1CC(=O)NC(SC(C)C(=O)Nc2ccc(Cl)cc2)N1. The maximum absolute atomic E-state index is 12.1. The van der Waals surface area contributed by atoms with Crippen molar-refractivity contribution in [2.45, 2.75) is 37.1 Å². The quantitative estimate of drug-likeness (QED) is 0.792. The molecule has 2 amide bonds. The Labute approximate surface area is 133 Å². The molecule has 3 unspecified atom stereocenters. The van der Waals surface area contributed by atoms with Gasteiger partial charge in [0.15, 0.2) is 0 Å². The number of carbonyl (C=O) groups is 2. The molecule has 0 aromatic heterocycles. The molecule has 1 saturated heterocycles. The predicted molar refractivity (Wildman–Crippen MR) is 86.3 cm³/mol. The molecule has 114 valence electrons. The van der Waals surface area contributed by atoms with Gasteiger partial charge in [0, 0.05) is 23.2 Å². The van der Waals surface area contributed by atoms with E-state index in [1.807, 2.05) is 13.8 Å². The zero-order chi connectivity index (χ0) is 15.4. The number of rotatable bonds is 4. The van der Waals surface area contributed by atoms with E-state index in [-0.39, 0.29) is 28.6 Å². The molecular weight excluding hydrogens is 310 g/mol. The molecule has 1 aliphatic heterocycles. The Hall–Kier alpha value is -1.24. The summed E-state index contributed by atoms with van der Waals surface area (Å²) in [6.45, 7) is 3.76. The second kappa shape index (κ2) is 7.15. The van der Waals surface area contributed by atoms with Crippen LogP contribution in [-0.2, 0) is 9.59 Å². The van der Waals surface area contributed by atoms with Crippen LogP contribution in [0, 0.1) is 0 Å². The van der Waals surface area contributed by atoms with E-state index in [0.29, 0.717) is 17.1 Å². The summed E-state index contributed by atoms with van der Waals surface area (Å²) in [5.74, 6) is -0.111. The molecule has 1 aromatic rings. The van der Waals surface area contributed by atoms with Crippen molar-refractivity contribution in [2.75, 3.05) is 5.32 Å². The highest BCUT2D eigenvalue weighted by molar-refractivity contribution is 8.01. The lowest BCUT2D eigenvalue weighted by Crippen LogP contribution is -2.54. The number of benzene rings is 1. The zero-order valence-electron chi connectivity index (χ0n) is 11.9. The monoisotopic (exact) mass is 327 g/mol. The standard InChI is InChI=1S/C14H18ClN3O2S/c1-8-7-12(19)18-14(16-8)21-9(2)13(20)17-11-5-3-10(15)4-6-11/h3-6,8-9,14,16H,7H2,1-2H3,(H,17,20)(H,18,19). The van der Waals surface area contributed by atoms with Crippen LogP contribution in [0.1, 0.15) is 20.3 Å². The molecule has 3 atom stereocenters. The number of anilines is 1. The second-order valence-corrected chi connectivity index (χ2v) is 6.88. The Kier molecular flexibility index (Phi) is 5.50. The zero-order valence-corrected chi connectivity index (χ0v) is 13.4. The lowest BCUT2D eigenvalue weighted by molar-refractivity contribution is -0.123. The summed E-state index contributed by atoms with van der Waals surface area (Å²) in [4.78, 5) is 23.6. The number of carbonyl (C=O) groups excluding carboxylic acids is 2. The second-order valence-electron chi connectivity index (χ2n) is 4.99. The summed E-state index contributed by atoms with van der Waals surface area (Å²) in [5, 5.41) is 9.20. The number of nitrogens with one attached hydrogen (secondary N) is 3. The Bertz CT molecular complexity index is 523. The van der Waals surface area contributed by atoms with Crippen LogP contribution < -0.4 is 16.0 Å². The summed E-state index contributed by atoms with van der Waals surface area (Å²) in [6, 6.07) is 7.06. The van der Waals surface area contributed by atoms with Gasteiger partial charge < -0.3 is 10.6 Å². The first-order chi connectivity index (χ1) is 9.94. The highest BCUT2D eigenvalue weighted by Gasteiger charge is 2.26. The van der Waals surface area contributed by atoms with E-state index in [1.165, 1.54) is 11.8 Å². The van der Waals surface area contributed by atoms with E-state index in [1.54, 1.807) is 24.3 Å². The topological polar surface area (TPSA) is 70.2 Å². The van der Waals surface area contributed by atoms with Crippen molar-refractivity contribution < 1.29 is 9.59 Å². The molecule has 0 bridgehead atoms. The first-order valence-corrected chi connectivity index (χ1v) is 8.03. The molecule has 0 spiro atoms. The third-order valence-corrected chi connectivity index (χ3v) is 4.44. The Balaban J connectivity index is 1.87. The van der Waals surface area contributed by atoms with Crippen LogP contribution in [0.5, 0.6) is 0 Å². The fourth-order valence-corrected chi connectivity index (χ4v) is 3.19. The van der Waals surface area contributed by atoms with E-state index in [0.717, 1.165) is 0 Å². The molecule has 1 heterocycles. The normalized spacial score (nSPS) is 23.3. The van der Waals surface area contributed by atoms with Gasteiger partial charge in [0.2, 0.25) is 11.8 Å². The van der Waals surface area contributed by atoms with Gasteiger partial charge in [-0.2, -0.15) is 0 Å². The average Bonchev–Trinajstić information content (AvgIpc) is 2.40. The van der Waals surface area contributed by atoms with Gasteiger partial charge in [-0.25, -0.2) is 0 Å². The van der Waals surface area contributed by atoms with Gasteiger partial charge >= 0.3 is 0 Å². The van der Waals surface area contributed by atoms with Gasteiger partial charge in [0.05, 0.1) is 5.25 Å². The molecule has 21 heavy (non-hydrogen) atoms. The van der Waals surface area contributed by atoms with E-state index in [9.17, 15) is 9.59 Å². The lowest BCUT2D eigenvalue weighted by Gasteiger charge is -2.30. The van der Waals surface area contributed by atoms with Crippen molar-refractivity contribution in [3.8, 4) is 0 Å². The number of hydrogen-bond donors (Lipinski definition) is 3. The predicted octanol–water partition coefficient (Wildman–Crippen LogP) is 2.18. The van der Waals surface area contributed by atoms with Crippen LogP contribution in [0.3, 0.4) is 0 Å². The average molecular weight is 328 g/mol. The van der Waals surface area contributed by atoms with Gasteiger partial charge in [-0.15, -0.1) is 11.8 Å². The number of halogens is 1. The summed E-state index contributed by atoms with van der Waals surface area (Å²) < 4.78 is 0. The fraction of sp³-hybridized carbons (Fsp3) is 0.429. The molecule has 3 N–H and O–H groups in total. The highest BCUT2D eigenvalue weighted by atomic mass is 35.5. The molecule has 5 nitrogen and oxygen atoms in total. The van der Waals surface area contributed by atoms with Crippen molar-refractivity contribution >= 4 is 40.9 Å². The summed E-state index contributed by atoms with van der Waals surface area (Å²) >= 11 is 7.18. The fourth-order valence-electron chi connectivity index (χ4n) is 1.96. The third-order valence-electron chi connectivity index (χ3n) is 3.04. The first-order valence-electron chi connectivity index (χ1n) is 6.71. The van der Waals surface area contributed by atoms with Crippen LogP contribution in [0.2, 0.25) is 5.02 Å². The Morgan fingerprint density at radius 3 is 2.71 bits per heavy atom. The molecule has 1 fully saturated rings. The van der Waals surface area contributed by atoms with E-state index in [2.05, 4.69) is 16.0 Å². The van der Waals surface area contributed by atoms with Crippen molar-refractivity contribution in [2.24, 2.45) is 0 Å². The van der Waals surface area contributed by atoms with Crippen molar-refractivity contribution in [3.05, 3.63) is 29.3 Å². The van der Waals surface area contributed by atoms with Crippen molar-refractivity contribution in [1.82, 2.24) is 10.6 Å². The van der Waals surface area contributed by atoms with E-state index >= 15 is 0 Å². The summed E-state index contributed by atoms with van der Waals surface area (Å²) in [5.41, 5.74) is 0.457. The number of amides is 2. The minimum absolute atomic E-state index is 0.00376. The number of thioether (sulfide) groups is 1. The molecule has 7 heteroatoms. The van der Waals surface area contributed by atoms with Crippen LogP contribution >= 0.6 is 23.4 Å². The molecule has 1 aromatic carbocycles. The largest absolute Gasteiger partial charge is 0.332 e. The minimum atomic E-state index is -0.302. The smallest absolute Gasteiger partial charge is 0.237 e. The molecule has 0 aliphatic carbocycles. The van der Waals surface area contributed by atoms with Crippen molar-refractivity contribution in [1.29, 1.82) is 0 Å². The van der Waals surface area contributed by atoms with E-state index < -0.39 is 0 Å². The lowest BCUT2D eigenvalue weighted by atomic mass is 10.2. The van der Waals surface area contributed by atoms with Gasteiger partial charge in [-0.05, 0) is 38.1 Å². The minimum Gasteiger partial charge on any atom is -0.332 e.